The molecule has 0 N–H and O–H groups in total. The number of carbonyl (C=O) groups excluding carboxylic acids is 1. The molecule has 1 aromatic rings. The number of allylic oxidation sites excluding steroid dienone is 6. The molecule has 1 aromatic carbocycles. The van der Waals surface area contributed by atoms with Gasteiger partial charge in [-0.25, -0.2) is 0 Å². The standard InChI is InChI=1S/C21H30.C2H4O/c1-18(2)10-8-11-19(3)12-9-13-20(4)16-17-21-14-6-5-7-15-21;1-2-3/h5-7,10,12,14-16H,8-9,11,13,17H2,1-4H3;2H,1H3/b19-12+,20-16+;. The van der Waals surface area contributed by atoms with Crippen LogP contribution in [0.3, 0.4) is 0 Å². The smallest absolute Gasteiger partial charge is 0.116 e. The Morgan fingerprint density at radius 2 is 1.33 bits per heavy atom. The number of benzene rings is 1. The molecular formula is C23H34O. The van der Waals surface area contributed by atoms with Crippen LogP contribution in [0, 0.1) is 0 Å². The minimum Gasteiger partial charge on any atom is -0.304 e. The summed E-state index contributed by atoms with van der Waals surface area (Å²) < 4.78 is 0. The molecule has 0 atom stereocenters. The molecule has 0 spiro atoms. The summed E-state index contributed by atoms with van der Waals surface area (Å²) >= 11 is 0. The molecule has 0 aromatic heterocycles. The molecule has 0 heterocycles. The number of rotatable bonds is 8. The lowest BCUT2D eigenvalue weighted by Gasteiger charge is -2.02. The Hall–Kier alpha value is -1.89. The number of hydrogen-bond donors (Lipinski definition) is 0. The van der Waals surface area contributed by atoms with Crippen molar-refractivity contribution < 1.29 is 4.79 Å². The Labute approximate surface area is 149 Å². The second-order valence-electron chi connectivity index (χ2n) is 6.39. The second-order valence-corrected chi connectivity index (χ2v) is 6.39. The van der Waals surface area contributed by atoms with Crippen LogP contribution in [0.25, 0.3) is 0 Å². The van der Waals surface area contributed by atoms with Gasteiger partial charge in [-0.2, -0.15) is 0 Å². The van der Waals surface area contributed by atoms with Crippen LogP contribution in [-0.2, 0) is 11.2 Å². The second kappa shape index (κ2) is 14.7. The minimum atomic E-state index is 0.750. The third-order valence-corrected chi connectivity index (χ3v) is 3.65. The maximum absolute atomic E-state index is 8.81. The third kappa shape index (κ3) is 13.8. The average Bonchev–Trinajstić information content (AvgIpc) is 2.54. The van der Waals surface area contributed by atoms with Gasteiger partial charge in [-0.1, -0.05) is 65.3 Å². The highest BCUT2D eigenvalue weighted by atomic mass is 16.1. The number of carbonyl (C=O) groups is 1. The van der Waals surface area contributed by atoms with Gasteiger partial charge in [0.05, 0.1) is 0 Å². The largest absolute Gasteiger partial charge is 0.304 e. The van der Waals surface area contributed by atoms with Crippen LogP contribution < -0.4 is 0 Å². The van der Waals surface area contributed by atoms with E-state index in [2.05, 4.69) is 76.3 Å². The van der Waals surface area contributed by atoms with Gasteiger partial charge < -0.3 is 4.79 Å². The topological polar surface area (TPSA) is 17.1 Å². The fourth-order valence-corrected chi connectivity index (χ4v) is 2.25. The molecule has 24 heavy (non-hydrogen) atoms. The molecule has 0 radical (unpaired) electrons. The quantitative estimate of drug-likeness (QED) is 0.377. The summed E-state index contributed by atoms with van der Waals surface area (Å²) in [7, 11) is 0. The van der Waals surface area contributed by atoms with Gasteiger partial charge in [-0.05, 0) is 72.3 Å². The molecule has 0 aliphatic rings. The lowest BCUT2D eigenvalue weighted by molar-refractivity contribution is -0.106. The third-order valence-electron chi connectivity index (χ3n) is 3.65. The molecular weight excluding hydrogens is 292 g/mol. The Morgan fingerprint density at radius 3 is 1.88 bits per heavy atom. The molecule has 132 valence electrons. The van der Waals surface area contributed by atoms with Gasteiger partial charge in [-0.15, -0.1) is 0 Å². The van der Waals surface area contributed by atoms with Crippen LogP contribution in [-0.4, -0.2) is 6.29 Å². The van der Waals surface area contributed by atoms with Crippen LogP contribution in [0.5, 0.6) is 0 Å². The molecule has 0 fully saturated rings. The van der Waals surface area contributed by atoms with E-state index in [1.54, 1.807) is 0 Å². The van der Waals surface area contributed by atoms with E-state index in [-0.39, 0.29) is 0 Å². The summed E-state index contributed by atoms with van der Waals surface area (Å²) in [5, 5.41) is 0. The molecule has 1 rings (SSSR count). The van der Waals surface area contributed by atoms with E-state index in [9.17, 15) is 0 Å². The number of aldehydes is 1. The first kappa shape index (κ1) is 22.1. The molecule has 0 saturated carbocycles. The highest BCUT2D eigenvalue weighted by molar-refractivity contribution is 5.44. The Bertz CT molecular complexity index is 528. The van der Waals surface area contributed by atoms with Crippen LogP contribution in [0.4, 0.5) is 0 Å². The van der Waals surface area contributed by atoms with Crippen LogP contribution >= 0.6 is 0 Å². The van der Waals surface area contributed by atoms with Gasteiger partial charge >= 0.3 is 0 Å². The van der Waals surface area contributed by atoms with Gasteiger partial charge in [0, 0.05) is 0 Å². The zero-order chi connectivity index (χ0) is 18.2. The molecule has 0 saturated heterocycles. The van der Waals surface area contributed by atoms with Gasteiger partial charge in [0.25, 0.3) is 0 Å². The normalized spacial score (nSPS) is 11.4. The molecule has 0 aliphatic heterocycles. The lowest BCUT2D eigenvalue weighted by atomic mass is 10.0. The maximum atomic E-state index is 8.81. The summed E-state index contributed by atoms with van der Waals surface area (Å²) in [4.78, 5) is 8.81. The monoisotopic (exact) mass is 326 g/mol. The van der Waals surface area contributed by atoms with E-state index in [1.165, 1.54) is 48.5 Å². The van der Waals surface area contributed by atoms with Crippen molar-refractivity contribution in [3.63, 3.8) is 0 Å². The van der Waals surface area contributed by atoms with Crippen LogP contribution in [0.2, 0.25) is 0 Å². The summed E-state index contributed by atoms with van der Waals surface area (Å²) in [5.41, 5.74) is 5.82. The van der Waals surface area contributed by atoms with Crippen molar-refractivity contribution in [2.24, 2.45) is 0 Å². The SMILES string of the molecule is CC(C)=CCC/C(C)=C/CC/C(C)=C/Cc1ccccc1.CC=O. The van der Waals surface area contributed by atoms with E-state index in [1.807, 2.05) is 0 Å². The Morgan fingerprint density at radius 1 is 0.833 bits per heavy atom. The van der Waals surface area contributed by atoms with E-state index < -0.39 is 0 Å². The van der Waals surface area contributed by atoms with Crippen molar-refractivity contribution in [2.75, 3.05) is 0 Å². The minimum absolute atomic E-state index is 0.750. The van der Waals surface area contributed by atoms with Gasteiger partial charge in [0.2, 0.25) is 0 Å². The van der Waals surface area contributed by atoms with E-state index in [0.29, 0.717) is 0 Å². The Balaban J connectivity index is 0.00000163. The summed E-state index contributed by atoms with van der Waals surface area (Å²) in [5.74, 6) is 0. The molecule has 1 nitrogen and oxygen atoms in total. The van der Waals surface area contributed by atoms with Gasteiger partial charge in [-0.3, -0.25) is 0 Å². The summed E-state index contributed by atoms with van der Waals surface area (Å²) in [6.07, 6.45) is 13.6. The lowest BCUT2D eigenvalue weighted by Crippen LogP contribution is -1.84. The predicted octanol–water partition coefficient (Wildman–Crippen LogP) is 6.85. The number of hydrogen-bond acceptors (Lipinski definition) is 1. The molecule has 1 heteroatoms. The van der Waals surface area contributed by atoms with Crippen LogP contribution in [0.1, 0.15) is 65.9 Å². The fourth-order valence-electron chi connectivity index (χ4n) is 2.25. The van der Waals surface area contributed by atoms with Crippen molar-refractivity contribution in [1.29, 1.82) is 0 Å². The van der Waals surface area contributed by atoms with E-state index >= 15 is 0 Å². The van der Waals surface area contributed by atoms with Crippen molar-refractivity contribution in [2.45, 2.75) is 66.7 Å². The van der Waals surface area contributed by atoms with E-state index in [0.717, 1.165) is 19.1 Å². The molecule has 0 aliphatic carbocycles. The highest BCUT2D eigenvalue weighted by Crippen LogP contribution is 2.12. The first-order chi connectivity index (χ1) is 11.5. The van der Waals surface area contributed by atoms with Crippen molar-refractivity contribution in [3.8, 4) is 0 Å². The zero-order valence-electron chi connectivity index (χ0n) is 16.1. The van der Waals surface area contributed by atoms with Crippen molar-refractivity contribution in [3.05, 3.63) is 70.8 Å². The Kier molecular flexibility index (Phi) is 13.5. The van der Waals surface area contributed by atoms with Crippen LogP contribution in [0.15, 0.2) is 65.3 Å². The van der Waals surface area contributed by atoms with Crippen molar-refractivity contribution >= 4 is 6.29 Å². The summed E-state index contributed by atoms with van der Waals surface area (Å²) in [6.45, 7) is 10.3. The molecule has 0 unspecified atom stereocenters. The first-order valence-corrected chi connectivity index (χ1v) is 8.88. The van der Waals surface area contributed by atoms with Gasteiger partial charge in [0.1, 0.15) is 6.29 Å². The molecule has 0 bridgehead atoms. The van der Waals surface area contributed by atoms with E-state index in [4.69, 9.17) is 4.79 Å². The first-order valence-electron chi connectivity index (χ1n) is 8.88. The molecule has 0 amide bonds. The van der Waals surface area contributed by atoms with Crippen molar-refractivity contribution in [1.82, 2.24) is 0 Å². The summed E-state index contributed by atoms with van der Waals surface area (Å²) in [6, 6.07) is 10.7. The highest BCUT2D eigenvalue weighted by Gasteiger charge is 1.93. The predicted molar refractivity (Wildman–Crippen MR) is 107 cm³/mol. The maximum Gasteiger partial charge on any atom is 0.116 e. The average molecular weight is 327 g/mol. The zero-order valence-corrected chi connectivity index (χ0v) is 16.1. The fraction of sp³-hybridized carbons (Fsp3) is 0.435. The van der Waals surface area contributed by atoms with Gasteiger partial charge in [0.15, 0.2) is 0 Å².